The van der Waals surface area contributed by atoms with Crippen LogP contribution in [0.3, 0.4) is 0 Å². The molecule has 17 heteroatoms. The van der Waals surface area contributed by atoms with Crippen LogP contribution >= 0.6 is 0 Å². The fraction of sp³-hybridized carbons (Fsp3) is 0.643. The minimum absolute atomic E-state index is 0.0943. The maximum Gasteiger partial charge on any atom is 0.427 e. The second-order valence-corrected chi connectivity index (χ2v) is 19.0. The minimum atomic E-state index is -6.13. The molecule has 6 rings (SSSR count). The third-order valence-corrected chi connectivity index (χ3v) is 14.6. The Morgan fingerprint density at radius 1 is 1.14 bits per heavy atom. The van der Waals surface area contributed by atoms with Crippen molar-refractivity contribution in [3.8, 4) is 11.6 Å². The number of nitrogens with zero attached hydrogens (tertiary/aromatic N) is 2. The zero-order valence-electron chi connectivity index (χ0n) is 39.2. The quantitative estimate of drug-likeness (QED) is 0.150. The SMILES string of the molecule is [2H]C([2H])([2H])C(OC(=O)C[C@@H]1C(=O)N2C[C@H](Oc3ncc(OC)c4ccc(F)cc34)C[C@H]2C(=O)C[C@]2(C(=O)NS(=O)(=O)C3(C)CC3)C[C@H]2/C=C\CC[C@@H](C)C[C@H]1CC)(C([2H])([2H])[2H])C(F)(F)F. The number of sulfonamides is 1. The van der Waals surface area contributed by atoms with Crippen molar-refractivity contribution in [2.75, 3.05) is 13.7 Å². The summed E-state index contributed by atoms with van der Waals surface area (Å²) in [6.45, 7) is -4.30. The molecule has 1 aromatic carbocycles. The topological polar surface area (TPSA) is 158 Å². The Bertz CT molecular complexity index is 2310. The van der Waals surface area contributed by atoms with E-state index in [1.54, 1.807) is 19.1 Å². The van der Waals surface area contributed by atoms with Crippen LogP contribution < -0.4 is 14.2 Å². The van der Waals surface area contributed by atoms with Gasteiger partial charge < -0.3 is 19.1 Å². The predicted octanol–water partition coefficient (Wildman–Crippen LogP) is 6.99. The lowest BCUT2D eigenvalue weighted by atomic mass is 9.79. The highest BCUT2D eigenvalue weighted by Gasteiger charge is 2.63. The number of rotatable bonds is 10. The summed E-state index contributed by atoms with van der Waals surface area (Å²) in [5.74, 6) is -8.18. The highest BCUT2D eigenvalue weighted by atomic mass is 32.2. The number of Topliss-reactive ketones (excluding diaryl/α,β-unsaturated/α-hetero) is 1. The second-order valence-electron chi connectivity index (χ2n) is 16.8. The smallest absolute Gasteiger partial charge is 0.427 e. The van der Waals surface area contributed by atoms with E-state index >= 15 is 4.79 Å². The van der Waals surface area contributed by atoms with E-state index in [-0.39, 0.29) is 48.6 Å². The third kappa shape index (κ3) is 9.09. The van der Waals surface area contributed by atoms with Crippen LogP contribution in [0.2, 0.25) is 0 Å². The molecule has 1 N–H and O–H groups in total. The zero-order valence-corrected chi connectivity index (χ0v) is 34.0. The molecule has 59 heavy (non-hydrogen) atoms. The van der Waals surface area contributed by atoms with E-state index in [2.05, 4.69) is 14.4 Å². The fourth-order valence-corrected chi connectivity index (χ4v) is 9.70. The summed E-state index contributed by atoms with van der Waals surface area (Å²) in [6.07, 6.45) is -2.39. The molecule has 3 fully saturated rings. The van der Waals surface area contributed by atoms with Gasteiger partial charge in [-0.05, 0) is 95.1 Å². The number of halogens is 4. The van der Waals surface area contributed by atoms with Crippen molar-refractivity contribution in [1.29, 1.82) is 0 Å². The Kier molecular flexibility index (Phi) is 10.1. The van der Waals surface area contributed by atoms with Gasteiger partial charge in [0, 0.05) is 26.5 Å². The molecule has 0 bridgehead atoms. The molecular formula is C42H53F4N3O9S. The Balaban J connectivity index is 1.42. The highest BCUT2D eigenvalue weighted by Crippen LogP contribution is 2.58. The molecule has 4 aliphatic rings. The number of aromatic nitrogens is 1. The van der Waals surface area contributed by atoms with E-state index in [1.807, 2.05) is 6.92 Å². The van der Waals surface area contributed by atoms with Gasteiger partial charge in [0.1, 0.15) is 17.7 Å². The van der Waals surface area contributed by atoms with Gasteiger partial charge in [-0.25, -0.2) is 17.8 Å². The van der Waals surface area contributed by atoms with Gasteiger partial charge in [0.2, 0.25) is 33.3 Å². The Hall–Kier alpha value is -4.28. The Morgan fingerprint density at radius 3 is 2.51 bits per heavy atom. The lowest BCUT2D eigenvalue weighted by Crippen LogP contribution is -2.49. The number of alkyl halides is 3. The number of fused-ring (bicyclic) bond motifs is 3. The van der Waals surface area contributed by atoms with Crippen LogP contribution in [0.15, 0.2) is 36.5 Å². The van der Waals surface area contributed by atoms with Crippen LogP contribution in [0, 0.1) is 34.9 Å². The zero-order chi connectivity index (χ0) is 48.3. The average molecular weight is 858 g/mol. The number of hydrogen-bond acceptors (Lipinski definition) is 10. The number of carbonyl (C=O) groups is 4. The van der Waals surface area contributed by atoms with Gasteiger partial charge in [-0.3, -0.25) is 23.9 Å². The van der Waals surface area contributed by atoms with Crippen molar-refractivity contribution >= 4 is 44.4 Å². The first-order valence-electron chi connectivity index (χ1n) is 22.7. The van der Waals surface area contributed by atoms with E-state index < -0.39 is 124 Å². The molecule has 12 nitrogen and oxygen atoms in total. The molecule has 1 aromatic heterocycles. The molecule has 0 spiro atoms. The molecular weight excluding hydrogens is 799 g/mol. The van der Waals surface area contributed by atoms with E-state index in [1.165, 1.54) is 32.4 Å². The molecule has 0 unspecified atom stereocenters. The molecule has 7 atom stereocenters. The monoisotopic (exact) mass is 857 g/mol. The molecule has 324 valence electrons. The van der Waals surface area contributed by atoms with E-state index in [0.29, 0.717) is 31.1 Å². The molecule has 2 amide bonds. The lowest BCUT2D eigenvalue weighted by molar-refractivity contribution is -0.257. The van der Waals surface area contributed by atoms with Crippen LogP contribution in [-0.2, 0) is 33.9 Å². The molecule has 2 saturated carbocycles. The maximum absolute atomic E-state index is 15.1. The number of nitrogens with one attached hydrogen (secondary N) is 1. The molecule has 2 aliphatic carbocycles. The van der Waals surface area contributed by atoms with Crippen molar-refractivity contribution in [2.45, 2.75) is 127 Å². The van der Waals surface area contributed by atoms with Gasteiger partial charge in [-0.1, -0.05) is 32.4 Å². The standard InChI is InChI=1S/C42H53F4N3O9S/c1-7-25-16-24(2)10-8-9-11-26-20-41(26,38(53)48-59(54,55)40(5)14-15-40)21-33(50)32-18-28(57-36-31-17-27(43)12-13-29(31)34(56-6)22-47-36)23-49(32)37(52)30(25)19-35(51)58-39(3,4)42(44,45)46/h9,11-13,17,22,24-26,28,30,32H,7-8,10,14-16,18-21,23H2,1-6H3,(H,48,53)/b11-9-/t24-,25-,26-,28-,30+,32+,41-/m1/s1/i3D3,4D3. The first-order valence-corrected chi connectivity index (χ1v) is 21.2. The number of pyridine rings is 1. The number of esters is 1. The maximum atomic E-state index is 15.1. The molecule has 1 saturated heterocycles. The van der Waals surface area contributed by atoms with Gasteiger partial charge in [-0.2, -0.15) is 13.2 Å². The van der Waals surface area contributed by atoms with Crippen molar-refractivity contribution in [2.24, 2.45) is 29.1 Å². The number of hydrogen-bond donors (Lipinski definition) is 1. The largest absolute Gasteiger partial charge is 0.494 e. The van der Waals surface area contributed by atoms with E-state index in [4.69, 9.17) is 17.7 Å². The molecule has 0 radical (unpaired) electrons. The number of ether oxygens (including phenoxy) is 3. The van der Waals surface area contributed by atoms with Crippen molar-refractivity contribution in [1.82, 2.24) is 14.6 Å². The van der Waals surface area contributed by atoms with E-state index in [0.717, 1.165) is 11.0 Å². The van der Waals surface area contributed by atoms with Gasteiger partial charge in [-0.15, -0.1) is 0 Å². The van der Waals surface area contributed by atoms with Gasteiger partial charge in [0.05, 0.1) is 53.8 Å². The number of benzene rings is 1. The van der Waals surface area contributed by atoms with Crippen LogP contribution in [0.25, 0.3) is 10.8 Å². The molecule has 2 aromatic rings. The molecule has 2 aliphatic heterocycles. The lowest BCUT2D eigenvalue weighted by Gasteiger charge is -2.34. The summed E-state index contributed by atoms with van der Waals surface area (Å²) < 4.78 is 148. The first-order chi connectivity index (χ1) is 30.0. The summed E-state index contributed by atoms with van der Waals surface area (Å²) in [6, 6.07) is 2.31. The Morgan fingerprint density at radius 2 is 1.86 bits per heavy atom. The predicted molar refractivity (Wildman–Crippen MR) is 208 cm³/mol. The number of ketones is 1. The van der Waals surface area contributed by atoms with Crippen molar-refractivity contribution < 1.29 is 67.6 Å². The summed E-state index contributed by atoms with van der Waals surface area (Å²) >= 11 is 0. The average Bonchev–Trinajstić information content (AvgIpc) is 4.08. The van der Waals surface area contributed by atoms with Crippen LogP contribution in [-0.4, -0.2) is 84.2 Å². The summed E-state index contributed by atoms with van der Waals surface area (Å²) in [7, 11) is -2.77. The van der Waals surface area contributed by atoms with Crippen molar-refractivity contribution in [3.63, 3.8) is 0 Å². The number of carbonyl (C=O) groups excluding carboxylic acids is 4. The Labute approximate surface area is 350 Å². The highest BCUT2D eigenvalue weighted by molar-refractivity contribution is 7.91. The fourth-order valence-electron chi connectivity index (χ4n) is 8.37. The van der Waals surface area contributed by atoms with Crippen LogP contribution in [0.1, 0.15) is 107 Å². The second kappa shape index (κ2) is 16.3. The van der Waals surface area contributed by atoms with Crippen molar-refractivity contribution in [3.05, 3.63) is 42.4 Å². The van der Waals surface area contributed by atoms with Gasteiger partial charge in [0.15, 0.2) is 5.78 Å². The number of allylic oxidation sites excluding steroid dienone is 2. The van der Waals surface area contributed by atoms with Gasteiger partial charge >= 0.3 is 12.1 Å². The third-order valence-electron chi connectivity index (χ3n) is 12.5. The number of methoxy groups -OCH3 is 1. The van der Waals surface area contributed by atoms with E-state index in [9.17, 15) is 40.4 Å². The first kappa shape index (κ1) is 36.6. The minimum Gasteiger partial charge on any atom is -0.494 e. The molecule has 3 heterocycles. The summed E-state index contributed by atoms with van der Waals surface area (Å²) in [4.78, 5) is 63.1. The van der Waals surface area contributed by atoms with Crippen LogP contribution in [0.4, 0.5) is 17.6 Å². The van der Waals surface area contributed by atoms with Gasteiger partial charge in [0.25, 0.3) is 0 Å². The number of amides is 2. The summed E-state index contributed by atoms with van der Waals surface area (Å²) in [5.41, 5.74) is -6.51. The normalized spacial score (nSPS) is 31.3. The summed E-state index contributed by atoms with van der Waals surface area (Å²) in [5, 5.41) is 0.565. The van der Waals surface area contributed by atoms with Crippen LogP contribution in [0.5, 0.6) is 11.6 Å².